The quantitative estimate of drug-likeness (QED) is 0.530. The molecule has 3 aromatic carbocycles. The van der Waals surface area contributed by atoms with Crippen molar-refractivity contribution in [2.24, 2.45) is 0 Å². The number of hydrogen-bond acceptors (Lipinski definition) is 3. The number of nitrogens with zero attached hydrogens (tertiary/aromatic N) is 2. The van der Waals surface area contributed by atoms with Crippen molar-refractivity contribution >= 4 is 28.5 Å². The first-order chi connectivity index (χ1) is 13.6. The number of nitrogens with one attached hydrogen (secondary N) is 1. The van der Waals surface area contributed by atoms with Crippen LogP contribution < -0.4 is 5.32 Å². The number of phenols is 1. The van der Waals surface area contributed by atoms with Crippen molar-refractivity contribution in [3.8, 4) is 5.75 Å². The molecule has 0 spiro atoms. The lowest BCUT2D eigenvalue weighted by molar-refractivity contribution is 0.0951. The van der Waals surface area contributed by atoms with E-state index >= 15 is 0 Å². The summed E-state index contributed by atoms with van der Waals surface area (Å²) in [5.41, 5.74) is 4.65. The normalized spacial score (nSPS) is 10.9. The fraction of sp³-hybridized carbons (Fsp3) is 0.0909. The maximum Gasteiger partial charge on any atom is 0.251 e. The predicted molar refractivity (Wildman–Crippen MR) is 110 cm³/mol. The predicted octanol–water partition coefficient (Wildman–Crippen LogP) is 4.37. The SMILES string of the molecule is O=C(NCc1ccc(Cn2cnc3ccccc32)cc1)c1ccc(O)c(Cl)c1. The smallest absolute Gasteiger partial charge is 0.251 e. The Bertz CT molecular complexity index is 1140. The Balaban J connectivity index is 1.39. The third kappa shape index (κ3) is 3.85. The van der Waals surface area contributed by atoms with E-state index < -0.39 is 0 Å². The van der Waals surface area contributed by atoms with Gasteiger partial charge in [0.2, 0.25) is 0 Å². The summed E-state index contributed by atoms with van der Waals surface area (Å²) in [6, 6.07) is 20.5. The molecule has 1 aromatic heterocycles. The molecule has 0 saturated heterocycles. The Morgan fingerprint density at radius 3 is 2.57 bits per heavy atom. The third-order valence-electron chi connectivity index (χ3n) is 4.57. The molecule has 0 aliphatic carbocycles. The summed E-state index contributed by atoms with van der Waals surface area (Å²) in [5.74, 6) is -0.282. The number of benzene rings is 3. The Morgan fingerprint density at radius 1 is 1.04 bits per heavy atom. The van der Waals surface area contributed by atoms with Crippen molar-refractivity contribution in [3.05, 3.63) is 94.8 Å². The standard InChI is InChI=1S/C22H18ClN3O2/c23-18-11-17(9-10-21(18)27)22(28)24-12-15-5-7-16(8-6-15)13-26-14-25-19-3-1-2-4-20(19)26/h1-11,14,27H,12-13H2,(H,24,28). The lowest BCUT2D eigenvalue weighted by Crippen LogP contribution is -2.22. The highest BCUT2D eigenvalue weighted by atomic mass is 35.5. The van der Waals surface area contributed by atoms with Crippen LogP contribution in [0.1, 0.15) is 21.5 Å². The number of aromatic hydroxyl groups is 1. The number of carbonyl (C=O) groups excluding carboxylic acids is 1. The first-order valence-corrected chi connectivity index (χ1v) is 9.22. The molecule has 0 unspecified atom stereocenters. The Kier molecular flexibility index (Phi) is 5.00. The molecule has 0 aliphatic rings. The van der Waals surface area contributed by atoms with Crippen LogP contribution in [0.2, 0.25) is 5.02 Å². The lowest BCUT2D eigenvalue weighted by atomic mass is 10.1. The molecule has 140 valence electrons. The average molecular weight is 392 g/mol. The van der Waals surface area contributed by atoms with E-state index in [9.17, 15) is 9.90 Å². The van der Waals surface area contributed by atoms with Crippen molar-refractivity contribution in [2.45, 2.75) is 13.1 Å². The minimum atomic E-state index is -0.240. The van der Waals surface area contributed by atoms with Crippen LogP contribution in [0.3, 0.4) is 0 Å². The van der Waals surface area contributed by atoms with E-state index in [4.69, 9.17) is 11.6 Å². The second kappa shape index (κ2) is 7.74. The molecule has 4 rings (SSSR count). The highest BCUT2D eigenvalue weighted by Gasteiger charge is 2.08. The highest BCUT2D eigenvalue weighted by Crippen LogP contribution is 2.23. The molecule has 0 fully saturated rings. The van der Waals surface area contributed by atoms with Gasteiger partial charge in [-0.25, -0.2) is 4.98 Å². The van der Waals surface area contributed by atoms with Crippen LogP contribution in [-0.4, -0.2) is 20.6 Å². The maximum atomic E-state index is 12.2. The molecule has 2 N–H and O–H groups in total. The molecule has 0 radical (unpaired) electrons. The van der Waals surface area contributed by atoms with Crippen LogP contribution in [0.25, 0.3) is 11.0 Å². The zero-order valence-electron chi connectivity index (χ0n) is 15.0. The molecular weight excluding hydrogens is 374 g/mol. The van der Waals surface area contributed by atoms with Gasteiger partial charge < -0.3 is 15.0 Å². The van der Waals surface area contributed by atoms with Crippen LogP contribution in [-0.2, 0) is 13.1 Å². The molecule has 0 bridgehead atoms. The van der Waals surface area contributed by atoms with Crippen LogP contribution in [0, 0.1) is 0 Å². The Hall–Kier alpha value is -3.31. The number of rotatable bonds is 5. The number of aromatic nitrogens is 2. The second-order valence-corrected chi connectivity index (χ2v) is 6.93. The van der Waals surface area contributed by atoms with E-state index in [2.05, 4.69) is 20.9 Å². The van der Waals surface area contributed by atoms with Crippen LogP contribution in [0.4, 0.5) is 0 Å². The number of halogens is 1. The molecule has 6 heteroatoms. The van der Waals surface area contributed by atoms with Gasteiger partial charge in [-0.15, -0.1) is 0 Å². The zero-order chi connectivity index (χ0) is 19.5. The monoisotopic (exact) mass is 391 g/mol. The van der Waals surface area contributed by atoms with E-state index in [0.717, 1.165) is 28.7 Å². The van der Waals surface area contributed by atoms with Gasteiger partial charge in [-0.1, -0.05) is 48.0 Å². The van der Waals surface area contributed by atoms with Gasteiger partial charge in [0.1, 0.15) is 5.75 Å². The van der Waals surface area contributed by atoms with E-state index in [-0.39, 0.29) is 16.7 Å². The van der Waals surface area contributed by atoms with E-state index in [1.165, 1.54) is 18.2 Å². The van der Waals surface area contributed by atoms with E-state index in [1.807, 2.05) is 48.8 Å². The number of para-hydroxylation sites is 2. The summed E-state index contributed by atoms with van der Waals surface area (Å²) in [5, 5.41) is 12.5. The average Bonchev–Trinajstić information content (AvgIpc) is 3.12. The van der Waals surface area contributed by atoms with Gasteiger partial charge in [0.25, 0.3) is 5.91 Å². The molecule has 1 amide bonds. The number of carbonyl (C=O) groups is 1. The fourth-order valence-corrected chi connectivity index (χ4v) is 3.21. The van der Waals surface area contributed by atoms with Gasteiger partial charge in [0.15, 0.2) is 0 Å². The molecule has 0 aliphatic heterocycles. The van der Waals surface area contributed by atoms with Gasteiger partial charge >= 0.3 is 0 Å². The summed E-state index contributed by atoms with van der Waals surface area (Å²) >= 11 is 5.85. The summed E-state index contributed by atoms with van der Waals surface area (Å²) in [7, 11) is 0. The second-order valence-electron chi connectivity index (χ2n) is 6.53. The molecule has 0 saturated carbocycles. The van der Waals surface area contributed by atoms with Gasteiger partial charge in [-0.3, -0.25) is 4.79 Å². The van der Waals surface area contributed by atoms with Crippen molar-refractivity contribution in [2.75, 3.05) is 0 Å². The molecule has 0 atom stereocenters. The summed E-state index contributed by atoms with van der Waals surface area (Å²) < 4.78 is 2.11. The minimum Gasteiger partial charge on any atom is -0.506 e. The minimum absolute atomic E-state index is 0.0422. The molecule has 4 aromatic rings. The summed E-state index contributed by atoms with van der Waals surface area (Å²) in [4.78, 5) is 16.6. The fourth-order valence-electron chi connectivity index (χ4n) is 3.03. The van der Waals surface area contributed by atoms with Crippen molar-refractivity contribution < 1.29 is 9.90 Å². The molecule has 28 heavy (non-hydrogen) atoms. The number of hydrogen-bond donors (Lipinski definition) is 2. The topological polar surface area (TPSA) is 67.2 Å². The van der Waals surface area contributed by atoms with E-state index in [0.29, 0.717) is 12.1 Å². The molecule has 5 nitrogen and oxygen atoms in total. The Labute approximate surface area is 167 Å². The van der Waals surface area contributed by atoms with Gasteiger partial charge in [-0.2, -0.15) is 0 Å². The van der Waals surface area contributed by atoms with E-state index in [1.54, 1.807) is 0 Å². The van der Waals surface area contributed by atoms with Crippen LogP contribution in [0.5, 0.6) is 5.75 Å². The maximum absolute atomic E-state index is 12.2. The lowest BCUT2D eigenvalue weighted by Gasteiger charge is -2.08. The van der Waals surface area contributed by atoms with Crippen molar-refractivity contribution in [1.82, 2.24) is 14.9 Å². The zero-order valence-corrected chi connectivity index (χ0v) is 15.7. The number of amides is 1. The largest absolute Gasteiger partial charge is 0.506 e. The summed E-state index contributed by atoms with van der Waals surface area (Å²) in [6.45, 7) is 1.14. The van der Waals surface area contributed by atoms with Crippen LogP contribution in [0.15, 0.2) is 73.1 Å². The molecule has 1 heterocycles. The van der Waals surface area contributed by atoms with Crippen LogP contribution >= 0.6 is 11.6 Å². The first-order valence-electron chi connectivity index (χ1n) is 8.84. The first kappa shape index (κ1) is 18.1. The molecular formula is C22H18ClN3O2. The third-order valence-corrected chi connectivity index (χ3v) is 4.87. The van der Waals surface area contributed by atoms with Gasteiger partial charge in [-0.05, 0) is 41.5 Å². The number of fused-ring (bicyclic) bond motifs is 1. The highest BCUT2D eigenvalue weighted by molar-refractivity contribution is 6.32. The number of imidazole rings is 1. The summed E-state index contributed by atoms with van der Waals surface area (Å²) in [6.07, 6.45) is 1.85. The Morgan fingerprint density at radius 2 is 1.79 bits per heavy atom. The van der Waals surface area contributed by atoms with Gasteiger partial charge in [0.05, 0.1) is 22.4 Å². The van der Waals surface area contributed by atoms with Gasteiger partial charge in [0, 0.05) is 18.7 Å². The number of phenolic OH excluding ortho intramolecular Hbond substituents is 1. The van der Waals surface area contributed by atoms with Crippen molar-refractivity contribution in [1.29, 1.82) is 0 Å². The van der Waals surface area contributed by atoms with Crippen molar-refractivity contribution in [3.63, 3.8) is 0 Å².